The molecule has 0 atom stereocenters. The second-order valence-electron chi connectivity index (χ2n) is 5.69. The van der Waals surface area contributed by atoms with Crippen LogP contribution in [0.3, 0.4) is 0 Å². The van der Waals surface area contributed by atoms with E-state index in [1.54, 1.807) is 0 Å². The molecule has 0 aromatic carbocycles. The Balaban J connectivity index is 5.40. The highest BCUT2D eigenvalue weighted by atomic mass is 15.2. The van der Waals surface area contributed by atoms with E-state index in [0.29, 0.717) is 11.8 Å². The molecule has 0 aliphatic rings. The Morgan fingerprint density at radius 1 is 1.10 bits per heavy atom. The smallest absolute Gasteiger partial charge is 0.149 e. The molecule has 0 aliphatic heterocycles. The maximum absolute atomic E-state index is 4.60. The maximum Gasteiger partial charge on any atom is 0.149 e. The van der Waals surface area contributed by atoms with Gasteiger partial charge in [-0.25, -0.2) is 0 Å². The number of rotatable bonds is 7. The Labute approximate surface area is 125 Å². The van der Waals surface area contributed by atoms with Gasteiger partial charge in [-0.05, 0) is 25.2 Å². The van der Waals surface area contributed by atoms with Gasteiger partial charge in [0.05, 0.1) is 5.71 Å². The molecule has 0 bridgehead atoms. The van der Waals surface area contributed by atoms with Gasteiger partial charge in [0.25, 0.3) is 0 Å². The van der Waals surface area contributed by atoms with E-state index < -0.39 is 0 Å². The van der Waals surface area contributed by atoms with Gasteiger partial charge in [0.15, 0.2) is 0 Å². The monoisotopic (exact) mass is 277 g/mol. The zero-order chi connectivity index (χ0) is 15.9. The lowest BCUT2D eigenvalue weighted by Gasteiger charge is -2.29. The Bertz CT molecular complexity index is 400. The van der Waals surface area contributed by atoms with E-state index in [1.807, 2.05) is 14.0 Å². The first-order valence-electron chi connectivity index (χ1n) is 7.43. The molecule has 0 aromatic heterocycles. The summed E-state index contributed by atoms with van der Waals surface area (Å²) in [6, 6.07) is 0. The van der Waals surface area contributed by atoms with Gasteiger partial charge in [0.2, 0.25) is 0 Å². The molecule has 0 N–H and O–H groups in total. The molecule has 20 heavy (non-hydrogen) atoms. The summed E-state index contributed by atoms with van der Waals surface area (Å²) in [4.78, 5) is 11.2. The summed E-state index contributed by atoms with van der Waals surface area (Å²) in [5, 5.41) is 0. The van der Waals surface area contributed by atoms with Gasteiger partial charge in [-0.3, -0.25) is 9.98 Å². The molecule has 0 saturated carbocycles. The molecule has 0 spiro atoms. The van der Waals surface area contributed by atoms with Crippen molar-refractivity contribution in [1.29, 1.82) is 0 Å². The van der Waals surface area contributed by atoms with E-state index in [2.05, 4.69) is 62.7 Å². The number of allylic oxidation sites excluding steroid dienone is 2. The molecular formula is C17H31N3. The Morgan fingerprint density at radius 2 is 1.65 bits per heavy atom. The van der Waals surface area contributed by atoms with Crippen LogP contribution >= 0.6 is 0 Å². The van der Waals surface area contributed by atoms with Crippen molar-refractivity contribution < 1.29 is 0 Å². The molecule has 0 amide bonds. The Hall–Kier alpha value is -1.38. The van der Waals surface area contributed by atoms with Crippen molar-refractivity contribution in [2.75, 3.05) is 13.6 Å². The van der Waals surface area contributed by atoms with E-state index in [4.69, 9.17) is 0 Å². The molecule has 0 aliphatic carbocycles. The predicted octanol–water partition coefficient (Wildman–Crippen LogP) is 4.53. The first kappa shape index (κ1) is 18.6. The fourth-order valence-electron chi connectivity index (χ4n) is 1.79. The molecule has 0 saturated heterocycles. The summed E-state index contributed by atoms with van der Waals surface area (Å²) in [6.45, 7) is 21.8. The van der Waals surface area contributed by atoms with Crippen molar-refractivity contribution in [2.45, 2.75) is 48.0 Å². The van der Waals surface area contributed by atoms with Crippen LogP contribution in [0.5, 0.6) is 0 Å². The van der Waals surface area contributed by atoms with Crippen LogP contribution in [0.2, 0.25) is 0 Å². The summed E-state index contributed by atoms with van der Waals surface area (Å²) >= 11 is 0. The van der Waals surface area contributed by atoms with Crippen molar-refractivity contribution in [3.8, 4) is 0 Å². The quantitative estimate of drug-likeness (QED) is 0.496. The Kier molecular flexibility index (Phi) is 8.12. The summed E-state index contributed by atoms with van der Waals surface area (Å²) < 4.78 is 0. The third-order valence-electron chi connectivity index (χ3n) is 3.23. The van der Waals surface area contributed by atoms with Crippen molar-refractivity contribution in [3.05, 3.63) is 24.6 Å². The Morgan fingerprint density at radius 3 is 2.00 bits per heavy atom. The third-order valence-corrected chi connectivity index (χ3v) is 3.23. The van der Waals surface area contributed by atoms with Crippen molar-refractivity contribution in [3.63, 3.8) is 0 Å². The normalized spacial score (nSPS) is 13.1. The van der Waals surface area contributed by atoms with Crippen LogP contribution < -0.4 is 0 Å². The topological polar surface area (TPSA) is 28.0 Å². The van der Waals surface area contributed by atoms with Crippen molar-refractivity contribution in [2.24, 2.45) is 21.8 Å². The average Bonchev–Trinajstić information content (AvgIpc) is 2.37. The fourth-order valence-corrected chi connectivity index (χ4v) is 1.79. The molecule has 0 fully saturated rings. The lowest BCUT2D eigenvalue weighted by molar-refractivity contribution is 0.456. The SMILES string of the molecule is C=C(/N=C(C)/C(=N/C)N(CCC)C(=C)C(C)C)C(C)C. The van der Waals surface area contributed by atoms with Gasteiger partial charge in [-0.1, -0.05) is 47.8 Å². The summed E-state index contributed by atoms with van der Waals surface area (Å²) in [5.74, 6) is 1.63. The third kappa shape index (κ3) is 5.32. The number of amidine groups is 1. The highest BCUT2D eigenvalue weighted by molar-refractivity contribution is 6.40. The molecule has 0 heterocycles. The van der Waals surface area contributed by atoms with Crippen LogP contribution in [-0.4, -0.2) is 30.0 Å². The van der Waals surface area contributed by atoms with Crippen molar-refractivity contribution in [1.82, 2.24) is 4.90 Å². The average molecular weight is 277 g/mol. The highest BCUT2D eigenvalue weighted by Crippen LogP contribution is 2.16. The van der Waals surface area contributed by atoms with E-state index in [-0.39, 0.29) is 0 Å². The number of nitrogens with zero attached hydrogens (tertiary/aromatic N) is 3. The standard InChI is InChI=1S/C17H31N3/c1-10-11-20(16(8)13(4)5)17(18-9)15(7)19-14(6)12(2)3/h12-13H,6,8,10-11H2,1-5,7,9H3/b18-17-,19-15+. The van der Waals surface area contributed by atoms with Gasteiger partial charge < -0.3 is 4.90 Å². The molecule has 0 aromatic rings. The van der Waals surface area contributed by atoms with Gasteiger partial charge in [0, 0.05) is 25.0 Å². The van der Waals surface area contributed by atoms with E-state index >= 15 is 0 Å². The van der Waals surface area contributed by atoms with Gasteiger partial charge in [-0.2, -0.15) is 0 Å². The van der Waals surface area contributed by atoms with Gasteiger partial charge in [0.1, 0.15) is 5.84 Å². The van der Waals surface area contributed by atoms with Gasteiger partial charge >= 0.3 is 0 Å². The number of hydrogen-bond acceptors (Lipinski definition) is 2. The number of aliphatic imine (C=N–C) groups is 2. The van der Waals surface area contributed by atoms with E-state index in [1.165, 1.54) is 0 Å². The summed E-state index contributed by atoms with van der Waals surface area (Å²) in [5.41, 5.74) is 2.87. The minimum atomic E-state index is 0.344. The van der Waals surface area contributed by atoms with Crippen LogP contribution in [0.15, 0.2) is 34.5 Å². The zero-order valence-electron chi connectivity index (χ0n) is 14.3. The summed E-state index contributed by atoms with van der Waals surface area (Å²) in [6.07, 6.45) is 1.04. The van der Waals surface area contributed by atoms with Crippen LogP contribution in [0.4, 0.5) is 0 Å². The predicted molar refractivity (Wildman–Crippen MR) is 91.4 cm³/mol. The molecule has 0 rings (SSSR count). The molecule has 3 nitrogen and oxygen atoms in total. The molecule has 0 unspecified atom stereocenters. The minimum absolute atomic E-state index is 0.344. The number of hydrogen-bond donors (Lipinski definition) is 0. The van der Waals surface area contributed by atoms with Crippen LogP contribution in [-0.2, 0) is 0 Å². The molecular weight excluding hydrogens is 246 g/mol. The second-order valence-corrected chi connectivity index (χ2v) is 5.69. The molecule has 3 heteroatoms. The van der Waals surface area contributed by atoms with Crippen LogP contribution in [0, 0.1) is 11.8 Å². The van der Waals surface area contributed by atoms with E-state index in [9.17, 15) is 0 Å². The summed E-state index contributed by atoms with van der Waals surface area (Å²) in [7, 11) is 1.81. The zero-order valence-corrected chi connectivity index (χ0v) is 14.3. The fraction of sp³-hybridized carbons (Fsp3) is 0.647. The van der Waals surface area contributed by atoms with Crippen LogP contribution in [0.25, 0.3) is 0 Å². The van der Waals surface area contributed by atoms with Gasteiger partial charge in [-0.15, -0.1) is 0 Å². The van der Waals surface area contributed by atoms with Crippen molar-refractivity contribution >= 4 is 11.5 Å². The van der Waals surface area contributed by atoms with E-state index in [0.717, 1.165) is 35.9 Å². The van der Waals surface area contributed by atoms with Crippen LogP contribution in [0.1, 0.15) is 48.0 Å². The first-order chi connectivity index (χ1) is 9.26. The lowest BCUT2D eigenvalue weighted by Crippen LogP contribution is -2.37. The highest BCUT2D eigenvalue weighted by Gasteiger charge is 2.18. The maximum atomic E-state index is 4.60. The minimum Gasteiger partial charge on any atom is -0.329 e. The second kappa shape index (κ2) is 8.72. The lowest BCUT2D eigenvalue weighted by atomic mass is 10.1. The molecule has 114 valence electrons. The first-order valence-corrected chi connectivity index (χ1v) is 7.43. The molecule has 0 radical (unpaired) electrons. The largest absolute Gasteiger partial charge is 0.329 e.